The maximum atomic E-state index is 5.96. The van der Waals surface area contributed by atoms with Crippen LogP contribution in [-0.2, 0) is 6.54 Å². The van der Waals surface area contributed by atoms with Gasteiger partial charge in [-0.25, -0.2) is 0 Å². The second-order valence-electron chi connectivity index (χ2n) is 5.66. The van der Waals surface area contributed by atoms with E-state index in [0.717, 1.165) is 22.1 Å². The smallest absolute Gasteiger partial charge is 0.0417 e. The number of hydrogen-bond donors (Lipinski definition) is 1. The molecule has 0 amide bonds. The predicted molar refractivity (Wildman–Crippen MR) is 83.6 cm³/mol. The topological polar surface area (TPSA) is 15.3 Å². The van der Waals surface area contributed by atoms with E-state index in [4.69, 9.17) is 11.6 Å². The lowest BCUT2D eigenvalue weighted by molar-refractivity contribution is 0.189. The summed E-state index contributed by atoms with van der Waals surface area (Å²) < 4.78 is 1.10. The Morgan fingerprint density at radius 2 is 1.95 bits per heavy atom. The number of likely N-dealkylation sites (tertiary alicyclic amines) is 1. The first-order valence-electron chi connectivity index (χ1n) is 7.14. The normalized spacial score (nSPS) is 21.8. The summed E-state index contributed by atoms with van der Waals surface area (Å²) >= 11 is 9.54. The highest BCUT2D eigenvalue weighted by Gasteiger charge is 2.31. The van der Waals surface area contributed by atoms with E-state index >= 15 is 0 Å². The predicted octanol–water partition coefficient (Wildman–Crippen LogP) is 3.82. The minimum absolute atomic E-state index is 0.664. The SMILES string of the molecule is Clc1ccc(CNC2CCN(C3CC3)CC2)c(Br)c1. The molecule has 2 aliphatic rings. The minimum atomic E-state index is 0.664. The van der Waals surface area contributed by atoms with Crippen LogP contribution in [0.3, 0.4) is 0 Å². The highest BCUT2D eigenvalue weighted by Crippen LogP contribution is 2.29. The van der Waals surface area contributed by atoms with Gasteiger partial charge in [-0.05, 0) is 56.5 Å². The molecule has 2 fully saturated rings. The molecule has 1 saturated carbocycles. The van der Waals surface area contributed by atoms with Crippen LogP contribution in [-0.4, -0.2) is 30.1 Å². The van der Waals surface area contributed by atoms with Crippen LogP contribution in [0.1, 0.15) is 31.2 Å². The van der Waals surface area contributed by atoms with Crippen molar-refractivity contribution >= 4 is 27.5 Å². The second kappa shape index (κ2) is 6.13. The molecular formula is C15H20BrClN2. The molecule has 1 aliphatic carbocycles. The molecule has 4 heteroatoms. The molecule has 3 rings (SSSR count). The van der Waals surface area contributed by atoms with Crippen molar-refractivity contribution in [2.45, 2.75) is 44.3 Å². The van der Waals surface area contributed by atoms with Crippen molar-refractivity contribution in [1.82, 2.24) is 10.2 Å². The molecule has 0 radical (unpaired) electrons. The van der Waals surface area contributed by atoms with Gasteiger partial charge in [0.05, 0.1) is 0 Å². The number of nitrogens with zero attached hydrogens (tertiary/aromatic N) is 1. The van der Waals surface area contributed by atoms with E-state index in [9.17, 15) is 0 Å². The molecular weight excluding hydrogens is 324 g/mol. The third kappa shape index (κ3) is 3.72. The summed E-state index contributed by atoms with van der Waals surface area (Å²) in [7, 11) is 0. The number of benzene rings is 1. The Balaban J connectivity index is 1.47. The zero-order valence-corrected chi connectivity index (χ0v) is 13.4. The molecule has 1 aliphatic heterocycles. The molecule has 1 aromatic rings. The first-order chi connectivity index (χ1) is 9.22. The maximum Gasteiger partial charge on any atom is 0.0417 e. The van der Waals surface area contributed by atoms with Gasteiger partial charge in [-0.3, -0.25) is 0 Å². The van der Waals surface area contributed by atoms with Gasteiger partial charge < -0.3 is 10.2 Å². The fourth-order valence-corrected chi connectivity index (χ4v) is 3.65. The van der Waals surface area contributed by atoms with Crippen molar-refractivity contribution in [3.63, 3.8) is 0 Å². The zero-order chi connectivity index (χ0) is 13.2. The Labute approximate surface area is 128 Å². The molecule has 0 spiro atoms. The van der Waals surface area contributed by atoms with Crippen LogP contribution < -0.4 is 5.32 Å². The summed E-state index contributed by atoms with van der Waals surface area (Å²) in [4.78, 5) is 2.66. The Bertz CT molecular complexity index is 440. The number of rotatable bonds is 4. The highest BCUT2D eigenvalue weighted by molar-refractivity contribution is 9.10. The van der Waals surface area contributed by atoms with Gasteiger partial charge in [0.25, 0.3) is 0 Å². The fourth-order valence-electron chi connectivity index (χ4n) is 2.83. The van der Waals surface area contributed by atoms with Gasteiger partial charge in [0, 0.05) is 28.1 Å². The second-order valence-corrected chi connectivity index (χ2v) is 6.95. The largest absolute Gasteiger partial charge is 0.310 e. The van der Waals surface area contributed by atoms with Gasteiger partial charge >= 0.3 is 0 Å². The van der Waals surface area contributed by atoms with E-state index in [2.05, 4.69) is 32.2 Å². The van der Waals surface area contributed by atoms with E-state index in [1.165, 1.54) is 44.3 Å². The number of hydrogen-bond acceptors (Lipinski definition) is 2. The van der Waals surface area contributed by atoms with E-state index in [-0.39, 0.29) is 0 Å². The maximum absolute atomic E-state index is 5.96. The summed E-state index contributed by atoms with van der Waals surface area (Å²) in [5.41, 5.74) is 1.29. The van der Waals surface area contributed by atoms with E-state index in [1.54, 1.807) is 0 Å². The average molecular weight is 344 g/mol. The number of nitrogens with one attached hydrogen (secondary N) is 1. The van der Waals surface area contributed by atoms with Gasteiger partial charge in [0.2, 0.25) is 0 Å². The van der Waals surface area contributed by atoms with Crippen LogP contribution in [0, 0.1) is 0 Å². The first kappa shape index (κ1) is 13.9. The monoisotopic (exact) mass is 342 g/mol. The summed E-state index contributed by atoms with van der Waals surface area (Å²) in [5.74, 6) is 0. The third-order valence-electron chi connectivity index (χ3n) is 4.19. The van der Waals surface area contributed by atoms with Crippen LogP contribution in [0.4, 0.5) is 0 Å². The Morgan fingerprint density at radius 1 is 1.21 bits per heavy atom. The molecule has 1 heterocycles. The fraction of sp³-hybridized carbons (Fsp3) is 0.600. The molecule has 104 valence electrons. The molecule has 1 aromatic carbocycles. The lowest BCUT2D eigenvalue weighted by Gasteiger charge is -2.32. The van der Waals surface area contributed by atoms with Crippen LogP contribution in [0.25, 0.3) is 0 Å². The Kier molecular flexibility index (Phi) is 4.47. The quantitative estimate of drug-likeness (QED) is 0.894. The Morgan fingerprint density at radius 3 is 2.58 bits per heavy atom. The average Bonchev–Trinajstić information content (AvgIpc) is 3.23. The van der Waals surface area contributed by atoms with E-state index in [0.29, 0.717) is 6.04 Å². The molecule has 0 aromatic heterocycles. The van der Waals surface area contributed by atoms with Crippen molar-refractivity contribution < 1.29 is 0 Å². The van der Waals surface area contributed by atoms with Crippen molar-refractivity contribution in [3.8, 4) is 0 Å². The Hall–Kier alpha value is -0.0900. The molecule has 1 saturated heterocycles. The molecule has 2 nitrogen and oxygen atoms in total. The van der Waals surface area contributed by atoms with Gasteiger partial charge in [-0.1, -0.05) is 33.6 Å². The van der Waals surface area contributed by atoms with Crippen molar-refractivity contribution in [2.75, 3.05) is 13.1 Å². The summed E-state index contributed by atoms with van der Waals surface area (Å²) in [6.07, 6.45) is 5.41. The van der Waals surface area contributed by atoms with Crippen LogP contribution in [0.15, 0.2) is 22.7 Å². The summed E-state index contributed by atoms with van der Waals surface area (Å²) in [6, 6.07) is 7.61. The molecule has 0 bridgehead atoms. The van der Waals surface area contributed by atoms with Crippen LogP contribution >= 0.6 is 27.5 Å². The number of piperidine rings is 1. The molecule has 0 unspecified atom stereocenters. The third-order valence-corrected chi connectivity index (χ3v) is 5.16. The van der Waals surface area contributed by atoms with Gasteiger partial charge in [-0.2, -0.15) is 0 Å². The number of halogens is 2. The lowest BCUT2D eigenvalue weighted by atomic mass is 10.0. The standard InChI is InChI=1S/C15H20BrClN2/c16-15-9-12(17)2-1-11(15)10-18-13-5-7-19(8-6-13)14-3-4-14/h1-2,9,13-14,18H,3-8,10H2. The van der Waals surface area contributed by atoms with E-state index in [1.807, 2.05) is 12.1 Å². The van der Waals surface area contributed by atoms with Crippen molar-refractivity contribution in [2.24, 2.45) is 0 Å². The molecule has 0 atom stereocenters. The van der Waals surface area contributed by atoms with Gasteiger partial charge in [-0.15, -0.1) is 0 Å². The van der Waals surface area contributed by atoms with Crippen LogP contribution in [0.5, 0.6) is 0 Å². The van der Waals surface area contributed by atoms with Crippen molar-refractivity contribution in [3.05, 3.63) is 33.3 Å². The lowest BCUT2D eigenvalue weighted by Crippen LogP contribution is -2.43. The first-order valence-corrected chi connectivity index (χ1v) is 8.31. The summed E-state index contributed by atoms with van der Waals surface area (Å²) in [6.45, 7) is 3.46. The van der Waals surface area contributed by atoms with Gasteiger partial charge in [0.1, 0.15) is 0 Å². The minimum Gasteiger partial charge on any atom is -0.310 e. The van der Waals surface area contributed by atoms with Crippen molar-refractivity contribution in [1.29, 1.82) is 0 Å². The molecule has 1 N–H and O–H groups in total. The zero-order valence-electron chi connectivity index (χ0n) is 11.0. The summed E-state index contributed by atoms with van der Waals surface area (Å²) in [5, 5.41) is 4.46. The molecule has 19 heavy (non-hydrogen) atoms. The van der Waals surface area contributed by atoms with Crippen LogP contribution in [0.2, 0.25) is 5.02 Å². The van der Waals surface area contributed by atoms with Gasteiger partial charge in [0.15, 0.2) is 0 Å². The highest BCUT2D eigenvalue weighted by atomic mass is 79.9. The van der Waals surface area contributed by atoms with E-state index < -0.39 is 0 Å².